The maximum Gasteiger partial charge on any atom is 0.339 e. The third-order valence-electron chi connectivity index (χ3n) is 4.94. The van der Waals surface area contributed by atoms with Crippen LogP contribution in [0.15, 0.2) is 82.6 Å². The SMILES string of the molecule is Cc1ccc(OCCN2C(=O)S/C(=C\c3cccc(OS(=O)(=O)c4ccc(Cl)cc4)c3)C2=O)cc1. The first-order valence-electron chi connectivity index (χ1n) is 10.5. The molecule has 0 radical (unpaired) electrons. The highest BCUT2D eigenvalue weighted by atomic mass is 35.5. The van der Waals surface area contributed by atoms with Crippen molar-refractivity contribution < 1.29 is 26.9 Å². The first-order valence-corrected chi connectivity index (χ1v) is 13.1. The lowest BCUT2D eigenvalue weighted by atomic mass is 10.2. The Kier molecular flexibility index (Phi) is 7.49. The normalized spacial score (nSPS) is 15.0. The number of amides is 2. The van der Waals surface area contributed by atoms with Gasteiger partial charge in [0.1, 0.15) is 23.0 Å². The van der Waals surface area contributed by atoms with E-state index in [1.165, 1.54) is 42.5 Å². The minimum atomic E-state index is -4.07. The molecule has 0 bridgehead atoms. The molecule has 7 nitrogen and oxygen atoms in total. The van der Waals surface area contributed by atoms with Gasteiger partial charge in [0.25, 0.3) is 11.1 Å². The first kappa shape index (κ1) is 24.8. The molecular formula is C25H20ClNO6S2. The lowest BCUT2D eigenvalue weighted by Crippen LogP contribution is -2.32. The molecule has 1 saturated heterocycles. The number of halogens is 1. The summed E-state index contributed by atoms with van der Waals surface area (Å²) in [4.78, 5) is 26.4. The summed E-state index contributed by atoms with van der Waals surface area (Å²) in [6.45, 7) is 2.25. The summed E-state index contributed by atoms with van der Waals surface area (Å²) >= 11 is 6.62. The molecule has 1 aliphatic rings. The smallest absolute Gasteiger partial charge is 0.339 e. The second kappa shape index (κ2) is 10.6. The summed E-state index contributed by atoms with van der Waals surface area (Å²) < 4.78 is 35.9. The van der Waals surface area contributed by atoms with Gasteiger partial charge in [0.15, 0.2) is 0 Å². The third-order valence-corrected chi connectivity index (χ3v) is 7.36. The Balaban J connectivity index is 1.42. The number of hydrogen-bond acceptors (Lipinski definition) is 7. The average Bonchev–Trinajstić information content (AvgIpc) is 3.08. The van der Waals surface area contributed by atoms with Gasteiger partial charge in [-0.05, 0) is 78.9 Å². The van der Waals surface area contributed by atoms with Crippen molar-refractivity contribution in [2.24, 2.45) is 0 Å². The van der Waals surface area contributed by atoms with Crippen LogP contribution in [0.5, 0.6) is 11.5 Å². The van der Waals surface area contributed by atoms with Crippen LogP contribution in [0.1, 0.15) is 11.1 Å². The maximum absolute atomic E-state index is 12.8. The minimum Gasteiger partial charge on any atom is -0.492 e. The number of carbonyl (C=O) groups excluding carboxylic acids is 2. The molecule has 3 aromatic rings. The van der Waals surface area contributed by atoms with Crippen molar-refractivity contribution in [1.29, 1.82) is 0 Å². The summed E-state index contributed by atoms with van der Waals surface area (Å²) in [5.41, 5.74) is 1.61. The van der Waals surface area contributed by atoms with Gasteiger partial charge >= 0.3 is 10.1 Å². The maximum atomic E-state index is 12.8. The number of nitrogens with zero attached hydrogens (tertiary/aromatic N) is 1. The Morgan fingerprint density at radius 3 is 2.40 bits per heavy atom. The number of aryl methyl sites for hydroxylation is 1. The van der Waals surface area contributed by atoms with E-state index in [0.717, 1.165) is 22.2 Å². The van der Waals surface area contributed by atoms with Gasteiger partial charge < -0.3 is 8.92 Å². The van der Waals surface area contributed by atoms with Crippen LogP contribution < -0.4 is 8.92 Å². The van der Waals surface area contributed by atoms with Gasteiger partial charge in [-0.2, -0.15) is 8.42 Å². The minimum absolute atomic E-state index is 0.0405. The molecule has 1 heterocycles. The molecule has 2 amide bonds. The predicted molar refractivity (Wildman–Crippen MR) is 135 cm³/mol. The molecule has 0 saturated carbocycles. The van der Waals surface area contributed by atoms with Gasteiger partial charge in [0.05, 0.1) is 11.4 Å². The van der Waals surface area contributed by atoms with Gasteiger partial charge in [-0.25, -0.2) is 0 Å². The molecule has 1 fully saturated rings. The first-order chi connectivity index (χ1) is 16.7. The number of rotatable bonds is 8. The van der Waals surface area contributed by atoms with Crippen LogP contribution in [-0.2, 0) is 14.9 Å². The van der Waals surface area contributed by atoms with E-state index in [-0.39, 0.29) is 28.7 Å². The zero-order valence-electron chi connectivity index (χ0n) is 18.5. The van der Waals surface area contributed by atoms with Crippen LogP contribution in [0.3, 0.4) is 0 Å². The highest BCUT2D eigenvalue weighted by molar-refractivity contribution is 8.18. The fraction of sp³-hybridized carbons (Fsp3) is 0.120. The van der Waals surface area contributed by atoms with Gasteiger partial charge in [0, 0.05) is 5.02 Å². The zero-order valence-corrected chi connectivity index (χ0v) is 20.9. The third kappa shape index (κ3) is 6.25. The van der Waals surface area contributed by atoms with Crippen molar-refractivity contribution >= 4 is 50.7 Å². The second-order valence-corrected chi connectivity index (χ2v) is 10.5. The fourth-order valence-corrected chi connectivity index (χ4v) is 5.08. The van der Waals surface area contributed by atoms with Crippen molar-refractivity contribution in [3.05, 3.63) is 93.9 Å². The lowest BCUT2D eigenvalue weighted by molar-refractivity contribution is -0.123. The van der Waals surface area contributed by atoms with Crippen molar-refractivity contribution in [3.63, 3.8) is 0 Å². The number of benzene rings is 3. The van der Waals surface area contributed by atoms with E-state index < -0.39 is 21.3 Å². The molecule has 3 aromatic carbocycles. The molecule has 10 heteroatoms. The van der Waals surface area contributed by atoms with Gasteiger partial charge in [-0.3, -0.25) is 14.5 Å². The number of carbonyl (C=O) groups is 2. The summed E-state index contributed by atoms with van der Waals surface area (Å²) in [6, 6.07) is 19.3. The summed E-state index contributed by atoms with van der Waals surface area (Å²) in [5.74, 6) is 0.288. The summed E-state index contributed by atoms with van der Waals surface area (Å²) in [7, 11) is -4.07. The largest absolute Gasteiger partial charge is 0.492 e. The van der Waals surface area contributed by atoms with E-state index in [4.69, 9.17) is 20.5 Å². The molecule has 1 aliphatic heterocycles. The number of thioether (sulfide) groups is 1. The van der Waals surface area contributed by atoms with Crippen LogP contribution in [-0.4, -0.2) is 37.6 Å². The van der Waals surface area contributed by atoms with E-state index in [1.54, 1.807) is 12.1 Å². The number of ether oxygens (including phenoxy) is 1. The lowest BCUT2D eigenvalue weighted by Gasteiger charge is -2.13. The highest BCUT2D eigenvalue weighted by Gasteiger charge is 2.34. The molecular weight excluding hydrogens is 510 g/mol. The topological polar surface area (TPSA) is 90.0 Å². The van der Waals surface area contributed by atoms with Gasteiger partial charge in [-0.1, -0.05) is 41.4 Å². The molecule has 4 rings (SSSR count). The highest BCUT2D eigenvalue weighted by Crippen LogP contribution is 2.33. The van der Waals surface area contributed by atoms with E-state index >= 15 is 0 Å². The molecule has 0 N–H and O–H groups in total. The van der Waals surface area contributed by atoms with Gasteiger partial charge in [0.2, 0.25) is 0 Å². The van der Waals surface area contributed by atoms with Crippen LogP contribution in [0.2, 0.25) is 5.02 Å². The predicted octanol–water partition coefficient (Wildman–Crippen LogP) is 5.53. The standard InChI is InChI=1S/C25H20ClNO6S2/c1-17-5-9-20(10-6-17)32-14-13-27-24(28)23(34-25(27)29)16-18-3-2-4-21(15-18)33-35(30,31)22-11-7-19(26)8-12-22/h2-12,15-16H,13-14H2,1H3/b23-16-. The quantitative estimate of drug-likeness (QED) is 0.280. The molecule has 0 spiro atoms. The molecule has 0 aromatic heterocycles. The van der Waals surface area contributed by atoms with E-state index in [9.17, 15) is 18.0 Å². The Labute approximate surface area is 212 Å². The van der Waals surface area contributed by atoms with Crippen molar-refractivity contribution in [2.45, 2.75) is 11.8 Å². The van der Waals surface area contributed by atoms with E-state index in [1.807, 2.05) is 31.2 Å². The molecule has 35 heavy (non-hydrogen) atoms. The molecule has 180 valence electrons. The van der Waals surface area contributed by atoms with Crippen molar-refractivity contribution in [1.82, 2.24) is 4.90 Å². The van der Waals surface area contributed by atoms with Crippen molar-refractivity contribution in [3.8, 4) is 11.5 Å². The number of hydrogen-bond donors (Lipinski definition) is 0. The Hall–Kier alpha value is -3.27. The molecule has 0 atom stereocenters. The Morgan fingerprint density at radius 2 is 1.69 bits per heavy atom. The summed E-state index contributed by atoms with van der Waals surface area (Å²) in [6.07, 6.45) is 1.52. The molecule has 0 unspecified atom stereocenters. The zero-order chi connectivity index (χ0) is 25.0. The van der Waals surface area contributed by atoms with E-state index in [0.29, 0.717) is 16.3 Å². The van der Waals surface area contributed by atoms with Crippen LogP contribution in [0, 0.1) is 6.92 Å². The average molecular weight is 530 g/mol. The van der Waals surface area contributed by atoms with Crippen molar-refractivity contribution in [2.75, 3.05) is 13.2 Å². The fourth-order valence-electron chi connectivity index (χ4n) is 3.17. The van der Waals surface area contributed by atoms with Crippen LogP contribution >= 0.6 is 23.4 Å². The Bertz CT molecular complexity index is 1390. The second-order valence-electron chi connectivity index (χ2n) is 7.56. The van der Waals surface area contributed by atoms with Crippen LogP contribution in [0.4, 0.5) is 4.79 Å². The summed E-state index contributed by atoms with van der Waals surface area (Å²) in [5, 5.41) is 0.00748. The molecule has 0 aliphatic carbocycles. The monoisotopic (exact) mass is 529 g/mol. The van der Waals surface area contributed by atoms with Gasteiger partial charge in [-0.15, -0.1) is 0 Å². The van der Waals surface area contributed by atoms with Crippen LogP contribution in [0.25, 0.3) is 6.08 Å². The van der Waals surface area contributed by atoms with E-state index in [2.05, 4.69) is 0 Å². The number of imide groups is 1. The Morgan fingerprint density at radius 1 is 0.971 bits per heavy atom.